The Morgan fingerprint density at radius 1 is 1.05 bits per heavy atom. The molecule has 10 heteroatoms. The van der Waals surface area contributed by atoms with Crippen LogP contribution in [0.1, 0.15) is 20.7 Å². The first-order chi connectivity index (χ1) is 9.22. The van der Waals surface area contributed by atoms with Gasteiger partial charge in [-0.15, -0.1) is 0 Å². The highest BCUT2D eigenvalue weighted by molar-refractivity contribution is 14.1. The zero-order valence-corrected chi connectivity index (χ0v) is 16.1. The van der Waals surface area contributed by atoms with Gasteiger partial charge in [0, 0.05) is 3.57 Å². The summed E-state index contributed by atoms with van der Waals surface area (Å²) in [4.78, 5) is 34.5. The lowest BCUT2D eigenvalue weighted by Crippen LogP contribution is -2.36. The molecule has 0 heterocycles. The van der Waals surface area contributed by atoms with Gasteiger partial charge < -0.3 is 16.6 Å². The monoisotopic (exact) mass is 615 g/mol. The molecule has 20 heavy (non-hydrogen) atoms. The van der Waals surface area contributed by atoms with Gasteiger partial charge in [0.1, 0.15) is 0 Å². The summed E-state index contributed by atoms with van der Waals surface area (Å²) in [6.07, 6.45) is 0. The van der Waals surface area contributed by atoms with E-state index in [-0.39, 0.29) is 26.9 Å². The number of halogens is 3. The molecule has 0 unspecified atom stereocenters. The lowest BCUT2D eigenvalue weighted by molar-refractivity contribution is -0.118. The van der Waals surface area contributed by atoms with Crippen molar-refractivity contribution in [3.8, 4) is 0 Å². The number of aromatic carboxylic acids is 1. The second-order valence-corrected chi connectivity index (χ2v) is 6.73. The summed E-state index contributed by atoms with van der Waals surface area (Å²) in [5, 5.41) is 11.3. The highest BCUT2D eigenvalue weighted by Crippen LogP contribution is 2.33. The van der Waals surface area contributed by atoms with Gasteiger partial charge in [-0.25, -0.2) is 4.79 Å². The van der Waals surface area contributed by atoms with Crippen LogP contribution >= 0.6 is 67.8 Å². The highest BCUT2D eigenvalue weighted by Gasteiger charge is 2.27. The Morgan fingerprint density at radius 2 is 1.55 bits per heavy atom. The van der Waals surface area contributed by atoms with Crippen LogP contribution < -0.4 is 16.8 Å². The number of nitrogens with two attached hydrogens (primary N) is 2. The Labute approximate surface area is 154 Å². The zero-order chi connectivity index (χ0) is 15.6. The van der Waals surface area contributed by atoms with E-state index < -0.39 is 17.8 Å². The number of amides is 2. The van der Waals surface area contributed by atoms with Crippen LogP contribution in [0.25, 0.3) is 0 Å². The van der Waals surface area contributed by atoms with E-state index in [1.54, 1.807) is 22.6 Å². The molecule has 108 valence electrons. The number of carboxylic acids is 1. The molecule has 0 aliphatic heterocycles. The maximum atomic E-state index is 12.0. The summed E-state index contributed by atoms with van der Waals surface area (Å²) in [5.41, 5.74) is 11.1. The first-order valence-corrected chi connectivity index (χ1v) is 8.19. The number of nitrogen functional groups attached to an aromatic ring is 1. The minimum absolute atomic E-state index is 0.0586. The molecule has 7 nitrogen and oxygen atoms in total. The van der Waals surface area contributed by atoms with Crippen molar-refractivity contribution in [3.05, 3.63) is 21.8 Å². The van der Waals surface area contributed by atoms with Gasteiger partial charge in [-0.2, -0.15) is 0 Å². The van der Waals surface area contributed by atoms with Crippen LogP contribution in [0.3, 0.4) is 0 Å². The topological polar surface area (TPSA) is 136 Å². The van der Waals surface area contributed by atoms with Crippen LogP contribution in [-0.4, -0.2) is 29.4 Å². The third-order valence-corrected chi connectivity index (χ3v) is 5.55. The number of imide groups is 1. The maximum Gasteiger partial charge on any atom is 0.337 e. The number of anilines is 1. The number of carboxylic acid groups (broad SMARTS) is 1. The minimum atomic E-state index is -1.19. The summed E-state index contributed by atoms with van der Waals surface area (Å²) in [7, 11) is 0. The summed E-state index contributed by atoms with van der Waals surface area (Å²) in [6, 6.07) is 0. The molecular weight excluding hydrogens is 607 g/mol. The standard InChI is InChI=1S/C10H8I3N3O4/c11-5-3(9(18)16-2(17)1-14)6(12)8(15)7(13)4(5)10(19)20/h1,14-15H2,(H,19,20)(H,16,17,18). The van der Waals surface area contributed by atoms with Crippen molar-refractivity contribution in [2.45, 2.75) is 0 Å². The summed E-state index contributed by atoms with van der Waals surface area (Å²) < 4.78 is 0.967. The predicted molar refractivity (Wildman–Crippen MR) is 97.5 cm³/mol. The average Bonchev–Trinajstić information content (AvgIpc) is 2.35. The van der Waals surface area contributed by atoms with Crippen LogP contribution in [0, 0.1) is 10.7 Å². The van der Waals surface area contributed by atoms with E-state index in [9.17, 15) is 19.5 Å². The number of carbonyl (C=O) groups excluding carboxylic acids is 2. The number of nitrogens with one attached hydrogen (secondary N) is 1. The Morgan fingerprint density at radius 3 is 2.00 bits per heavy atom. The lowest BCUT2D eigenvalue weighted by Gasteiger charge is -2.14. The molecule has 0 aromatic heterocycles. The molecule has 1 aromatic rings. The van der Waals surface area contributed by atoms with Crippen molar-refractivity contribution in [1.29, 1.82) is 0 Å². The van der Waals surface area contributed by atoms with Gasteiger partial charge in [0.15, 0.2) is 0 Å². The van der Waals surface area contributed by atoms with E-state index >= 15 is 0 Å². The van der Waals surface area contributed by atoms with E-state index in [2.05, 4.69) is 5.32 Å². The fraction of sp³-hybridized carbons (Fsp3) is 0.100. The molecule has 0 radical (unpaired) electrons. The lowest BCUT2D eigenvalue weighted by atomic mass is 10.1. The number of hydrogen-bond donors (Lipinski definition) is 4. The molecule has 0 saturated heterocycles. The third kappa shape index (κ3) is 3.51. The van der Waals surface area contributed by atoms with Crippen LogP contribution in [0.5, 0.6) is 0 Å². The third-order valence-electron chi connectivity index (χ3n) is 2.23. The number of hydrogen-bond acceptors (Lipinski definition) is 5. The first-order valence-electron chi connectivity index (χ1n) is 4.95. The molecule has 1 rings (SSSR count). The predicted octanol–water partition coefficient (Wildman–Crippen LogP) is 0.996. The van der Waals surface area contributed by atoms with E-state index in [0.717, 1.165) is 0 Å². The number of rotatable bonds is 3. The Hall–Kier alpha value is -0.220. The Kier molecular flexibility index (Phi) is 6.39. The van der Waals surface area contributed by atoms with Crippen molar-refractivity contribution < 1.29 is 19.5 Å². The smallest absolute Gasteiger partial charge is 0.337 e. The van der Waals surface area contributed by atoms with Gasteiger partial charge in [0.25, 0.3) is 5.91 Å². The second-order valence-electron chi connectivity index (χ2n) is 3.49. The number of benzene rings is 1. The van der Waals surface area contributed by atoms with E-state index in [0.29, 0.717) is 7.14 Å². The molecule has 0 spiro atoms. The molecular formula is C10H8I3N3O4. The molecule has 0 atom stereocenters. The second kappa shape index (κ2) is 7.17. The van der Waals surface area contributed by atoms with Crippen LogP contribution in [0.15, 0.2) is 0 Å². The molecule has 6 N–H and O–H groups in total. The summed E-state index contributed by atoms with van der Waals surface area (Å²) in [5.74, 6) is -2.57. The van der Waals surface area contributed by atoms with Crippen molar-refractivity contribution in [2.75, 3.05) is 12.3 Å². The summed E-state index contributed by atoms with van der Waals surface area (Å²) in [6.45, 7) is -0.343. The molecule has 0 aliphatic rings. The summed E-state index contributed by atoms with van der Waals surface area (Å²) >= 11 is 5.40. The van der Waals surface area contributed by atoms with Crippen molar-refractivity contribution in [2.24, 2.45) is 5.73 Å². The van der Waals surface area contributed by atoms with E-state index in [1.165, 1.54) is 0 Å². The Balaban J connectivity index is 3.51. The zero-order valence-electron chi connectivity index (χ0n) is 9.67. The van der Waals surface area contributed by atoms with Gasteiger partial charge in [-0.05, 0) is 67.8 Å². The molecule has 2 amide bonds. The van der Waals surface area contributed by atoms with Gasteiger partial charge in [-0.3, -0.25) is 14.9 Å². The molecule has 0 fully saturated rings. The SMILES string of the molecule is NCC(=O)NC(=O)c1c(I)c(N)c(I)c(C(=O)O)c1I. The van der Waals surface area contributed by atoms with E-state index in [4.69, 9.17) is 11.5 Å². The normalized spacial score (nSPS) is 10.2. The van der Waals surface area contributed by atoms with Gasteiger partial charge in [0.05, 0.1) is 30.5 Å². The van der Waals surface area contributed by atoms with Gasteiger partial charge in [-0.1, -0.05) is 0 Å². The molecule has 0 saturated carbocycles. The fourth-order valence-electron chi connectivity index (χ4n) is 1.31. The quantitative estimate of drug-likeness (QED) is 0.296. The molecule has 0 aliphatic carbocycles. The van der Waals surface area contributed by atoms with Crippen molar-refractivity contribution >= 4 is 91.2 Å². The van der Waals surface area contributed by atoms with Crippen molar-refractivity contribution in [3.63, 3.8) is 0 Å². The maximum absolute atomic E-state index is 12.0. The molecule has 0 bridgehead atoms. The molecule has 1 aromatic carbocycles. The average molecular weight is 615 g/mol. The van der Waals surface area contributed by atoms with E-state index in [1.807, 2.05) is 45.2 Å². The first kappa shape index (κ1) is 17.8. The largest absolute Gasteiger partial charge is 0.478 e. The minimum Gasteiger partial charge on any atom is -0.478 e. The van der Waals surface area contributed by atoms with Crippen LogP contribution in [0.2, 0.25) is 0 Å². The van der Waals surface area contributed by atoms with Gasteiger partial charge >= 0.3 is 5.97 Å². The Bertz CT molecular complexity index is 619. The fourth-order valence-corrected chi connectivity index (χ4v) is 5.43. The van der Waals surface area contributed by atoms with Crippen LogP contribution in [0.4, 0.5) is 5.69 Å². The van der Waals surface area contributed by atoms with Crippen LogP contribution in [-0.2, 0) is 4.79 Å². The highest BCUT2D eigenvalue weighted by atomic mass is 127. The van der Waals surface area contributed by atoms with Gasteiger partial charge in [0.2, 0.25) is 5.91 Å². The van der Waals surface area contributed by atoms with Crippen molar-refractivity contribution in [1.82, 2.24) is 5.32 Å². The number of carbonyl (C=O) groups is 3.